The Hall–Kier alpha value is -4.13. The van der Waals surface area contributed by atoms with E-state index in [2.05, 4.69) is 40.3 Å². The van der Waals surface area contributed by atoms with Gasteiger partial charge in [0.15, 0.2) is 21.8 Å². The average molecular weight is 537 g/mol. The number of Topliss-reactive ketones (excluding diaryl/α,β-unsaturated/α-hetero) is 1. The molecule has 1 saturated heterocycles. The minimum atomic E-state index is -0.952. The van der Waals surface area contributed by atoms with E-state index < -0.39 is 11.6 Å². The van der Waals surface area contributed by atoms with Crippen molar-refractivity contribution in [3.63, 3.8) is 0 Å². The van der Waals surface area contributed by atoms with E-state index in [0.29, 0.717) is 27.6 Å². The molecule has 2 aliphatic rings. The van der Waals surface area contributed by atoms with Crippen LogP contribution in [0.2, 0.25) is 0 Å². The molecule has 0 radical (unpaired) electrons. The van der Waals surface area contributed by atoms with Crippen molar-refractivity contribution in [3.8, 4) is 5.82 Å². The number of allylic oxidation sites excluding steroid dienone is 2. The first-order valence-electron chi connectivity index (χ1n) is 11.0. The van der Waals surface area contributed by atoms with Crippen molar-refractivity contribution in [2.45, 2.75) is 29.7 Å². The Morgan fingerprint density at radius 1 is 1.11 bits per heavy atom. The fourth-order valence-corrected chi connectivity index (χ4v) is 4.54. The lowest BCUT2D eigenvalue weighted by molar-refractivity contribution is -0.122. The van der Waals surface area contributed by atoms with Crippen LogP contribution in [-0.2, 0) is 9.59 Å². The Kier molecular flexibility index (Phi) is 8.23. The van der Waals surface area contributed by atoms with Crippen molar-refractivity contribution >= 4 is 53.2 Å². The molecular formula is C23H22N9O3S2+. The average Bonchev–Trinajstić information content (AvgIpc) is 3.66. The number of thioether (sulfide) groups is 2. The number of carbonyl (C=O) groups is 3. The summed E-state index contributed by atoms with van der Waals surface area (Å²) in [7, 11) is 0. The van der Waals surface area contributed by atoms with E-state index in [1.165, 1.54) is 23.5 Å². The molecular weight excluding hydrogens is 514 g/mol. The molecule has 0 aromatic carbocycles. The highest BCUT2D eigenvalue weighted by molar-refractivity contribution is 7.99. The number of nitrogens with zero attached hydrogens (tertiary/aromatic N) is 7. The van der Waals surface area contributed by atoms with Gasteiger partial charge in [-0.25, -0.2) is 29.4 Å². The Balaban J connectivity index is 0.000000180. The molecule has 2 aliphatic heterocycles. The molecule has 5 rings (SSSR count). The molecule has 14 heteroatoms. The van der Waals surface area contributed by atoms with Crippen LogP contribution in [-0.4, -0.2) is 76.4 Å². The molecule has 0 spiro atoms. The van der Waals surface area contributed by atoms with Crippen molar-refractivity contribution in [2.24, 2.45) is 0 Å². The summed E-state index contributed by atoms with van der Waals surface area (Å²) < 4.78 is 5.78. The predicted octanol–water partition coefficient (Wildman–Crippen LogP) is 1.01. The van der Waals surface area contributed by atoms with E-state index in [9.17, 15) is 14.4 Å². The van der Waals surface area contributed by atoms with E-state index in [1.807, 2.05) is 12.2 Å². The number of urea groups is 1. The molecule has 3 aromatic heterocycles. The summed E-state index contributed by atoms with van der Waals surface area (Å²) in [5.74, 6) is 1.15. The lowest BCUT2D eigenvalue weighted by atomic mass is 10.1. The number of amides is 3. The van der Waals surface area contributed by atoms with E-state index in [1.54, 1.807) is 67.7 Å². The van der Waals surface area contributed by atoms with E-state index in [0.717, 1.165) is 11.4 Å². The highest BCUT2D eigenvalue weighted by Crippen LogP contribution is 2.22. The summed E-state index contributed by atoms with van der Waals surface area (Å²) in [6, 6.07) is 4.87. The minimum absolute atomic E-state index is 0.116. The van der Waals surface area contributed by atoms with Crippen molar-refractivity contribution in [2.75, 3.05) is 11.5 Å². The molecule has 5 heterocycles. The highest BCUT2D eigenvalue weighted by Gasteiger charge is 2.42. The van der Waals surface area contributed by atoms with Crippen LogP contribution >= 0.6 is 23.5 Å². The molecule has 2 N–H and O–H groups in total. The van der Waals surface area contributed by atoms with E-state index >= 15 is 0 Å². The summed E-state index contributed by atoms with van der Waals surface area (Å²) in [5, 5.41) is 10.0. The van der Waals surface area contributed by atoms with Gasteiger partial charge in [0.05, 0.1) is 5.75 Å². The number of aromatic nitrogens is 6. The molecule has 1 fully saturated rings. The Morgan fingerprint density at radius 3 is 2.54 bits per heavy atom. The summed E-state index contributed by atoms with van der Waals surface area (Å²) in [6.07, 6.45) is 12.2. The maximum absolute atomic E-state index is 11.7. The first-order valence-corrected chi connectivity index (χ1v) is 12.9. The van der Waals surface area contributed by atoms with Gasteiger partial charge in [-0.1, -0.05) is 28.2 Å². The number of hydrogen-bond acceptors (Lipinski definition) is 10. The van der Waals surface area contributed by atoms with Crippen LogP contribution in [0.15, 0.2) is 65.5 Å². The molecule has 12 nitrogen and oxygen atoms in total. The van der Waals surface area contributed by atoms with Crippen LogP contribution in [0, 0.1) is 0 Å². The van der Waals surface area contributed by atoms with Crippen LogP contribution in [0.4, 0.5) is 4.79 Å². The molecule has 0 bridgehead atoms. The summed E-state index contributed by atoms with van der Waals surface area (Å²) in [6.45, 7) is 3.22. The second-order valence-electron chi connectivity index (χ2n) is 7.91. The lowest BCUT2D eigenvalue weighted by Gasteiger charge is -2.19. The number of hydrogen-bond donors (Lipinski definition) is 2. The second kappa shape index (κ2) is 11.7. The van der Waals surface area contributed by atoms with Gasteiger partial charge in [-0.15, -0.1) is 0 Å². The van der Waals surface area contributed by atoms with Gasteiger partial charge in [0.2, 0.25) is 0 Å². The van der Waals surface area contributed by atoms with Crippen LogP contribution in [0.3, 0.4) is 0 Å². The van der Waals surface area contributed by atoms with Gasteiger partial charge in [-0.2, -0.15) is 5.10 Å². The fourth-order valence-electron chi connectivity index (χ4n) is 2.99. The van der Waals surface area contributed by atoms with Gasteiger partial charge in [0.1, 0.15) is 11.3 Å². The molecule has 188 valence electrons. The zero-order valence-corrected chi connectivity index (χ0v) is 21.5. The molecule has 37 heavy (non-hydrogen) atoms. The van der Waals surface area contributed by atoms with Gasteiger partial charge in [-0.05, 0) is 26.0 Å². The largest absolute Gasteiger partial charge is 0.352 e. The number of rotatable bonds is 8. The zero-order valence-electron chi connectivity index (χ0n) is 19.9. The van der Waals surface area contributed by atoms with Crippen molar-refractivity contribution in [1.29, 1.82) is 0 Å². The van der Waals surface area contributed by atoms with Crippen molar-refractivity contribution in [3.05, 3.63) is 60.8 Å². The van der Waals surface area contributed by atoms with Crippen LogP contribution < -0.4 is 15.3 Å². The normalized spacial score (nSPS) is 17.6. The monoisotopic (exact) mass is 536 g/mol. The van der Waals surface area contributed by atoms with Crippen LogP contribution in [0.1, 0.15) is 19.5 Å². The van der Waals surface area contributed by atoms with E-state index in [-0.39, 0.29) is 11.7 Å². The summed E-state index contributed by atoms with van der Waals surface area (Å²) >= 11 is 2.64. The number of ketones is 1. The lowest BCUT2D eigenvalue weighted by Crippen LogP contribution is -2.46. The fraction of sp³-hybridized carbons (Fsp3) is 0.217. The van der Waals surface area contributed by atoms with Crippen molar-refractivity contribution in [1.82, 2.24) is 45.0 Å². The molecule has 1 unspecified atom stereocenters. The first-order chi connectivity index (χ1) is 17.8. The van der Waals surface area contributed by atoms with E-state index in [4.69, 9.17) is 0 Å². The maximum Gasteiger partial charge on any atom is 0.352 e. The topological polar surface area (TPSA) is 159 Å². The standard InChI is InChI=1S/C12H12N6O2S.C11H10N3OS/c1-12(9(19)16-10(20)17-12)7-21-11-13-5-3-8(15-11)18-6-2-4-14-18;1-8(15)7-16-11-13-6-4-10(14-11)9-3-2-5-12-9/h2-6H,7H2,1H3,(H2,16,17,19,20);2-6H,7H2,1H3/q;+1. The van der Waals surface area contributed by atoms with Gasteiger partial charge in [0, 0.05) is 48.8 Å². The molecule has 3 amide bonds. The predicted molar refractivity (Wildman–Crippen MR) is 140 cm³/mol. The summed E-state index contributed by atoms with van der Waals surface area (Å²) in [5.41, 5.74) is 0.658. The van der Waals surface area contributed by atoms with Gasteiger partial charge >= 0.3 is 11.7 Å². The van der Waals surface area contributed by atoms with Gasteiger partial charge in [-0.3, -0.25) is 14.9 Å². The van der Waals surface area contributed by atoms with Crippen LogP contribution in [0.25, 0.3) is 5.82 Å². The third-order valence-corrected chi connectivity index (χ3v) is 7.00. The third-order valence-electron chi connectivity index (χ3n) is 4.82. The number of nitrogens with one attached hydrogen (secondary N) is 2. The molecule has 0 saturated carbocycles. The molecule has 3 aromatic rings. The summed E-state index contributed by atoms with van der Waals surface area (Å²) in [4.78, 5) is 50.7. The molecule has 1 atom stereocenters. The Morgan fingerprint density at radius 2 is 1.89 bits per heavy atom. The highest BCUT2D eigenvalue weighted by atomic mass is 32.2. The number of imide groups is 1. The minimum Gasteiger partial charge on any atom is -0.323 e. The molecule has 0 aliphatic carbocycles. The smallest absolute Gasteiger partial charge is 0.323 e. The zero-order chi connectivity index (χ0) is 26.3. The van der Waals surface area contributed by atoms with Crippen LogP contribution in [0.5, 0.6) is 0 Å². The Labute approximate surface area is 220 Å². The van der Waals surface area contributed by atoms with Gasteiger partial charge < -0.3 is 5.32 Å². The third kappa shape index (κ3) is 6.97. The maximum atomic E-state index is 11.7. The van der Waals surface area contributed by atoms with Crippen molar-refractivity contribution < 1.29 is 14.4 Å². The second-order valence-corrected chi connectivity index (χ2v) is 9.80. The van der Waals surface area contributed by atoms with Gasteiger partial charge in [0.25, 0.3) is 12.1 Å². The first kappa shape index (κ1) is 25.9. The SMILES string of the molecule is CC(=O)CSc1nccc(C2=[N+]=CC=C2)n1.CC1(CSc2nccc(-n3cccn3)n2)NC(=O)NC1=O. The Bertz CT molecular complexity index is 1420. The quantitative estimate of drug-likeness (QED) is 0.184. The number of carbonyl (C=O) groups excluding carboxylic acids is 3.